The number of carbonyl (C=O) groups is 2. The number of esters is 1. The molecule has 2 aliphatic rings. The fourth-order valence-electron chi connectivity index (χ4n) is 6.37. The lowest BCUT2D eigenvalue weighted by Gasteiger charge is -2.43. The lowest BCUT2D eigenvalue weighted by Crippen LogP contribution is -2.48. The van der Waals surface area contributed by atoms with Crippen molar-refractivity contribution in [3.05, 3.63) is 95.1 Å². The van der Waals surface area contributed by atoms with Gasteiger partial charge in [-0.05, 0) is 87.0 Å². The van der Waals surface area contributed by atoms with E-state index in [2.05, 4.69) is 46.7 Å². The van der Waals surface area contributed by atoms with Crippen LogP contribution in [0, 0.1) is 5.92 Å². The van der Waals surface area contributed by atoms with Crippen LogP contribution in [0.3, 0.4) is 0 Å². The van der Waals surface area contributed by atoms with Crippen molar-refractivity contribution in [2.24, 2.45) is 5.92 Å². The number of nitrogens with zero attached hydrogens (tertiary/aromatic N) is 1. The van der Waals surface area contributed by atoms with Gasteiger partial charge in [-0.15, -0.1) is 0 Å². The molecular formula is C38H49N3O6. The first-order chi connectivity index (χ1) is 22.5. The van der Waals surface area contributed by atoms with Crippen molar-refractivity contribution in [3.63, 3.8) is 0 Å². The van der Waals surface area contributed by atoms with E-state index in [1.807, 2.05) is 76.2 Å². The molecule has 2 aliphatic heterocycles. The van der Waals surface area contributed by atoms with Crippen LogP contribution in [0.4, 0.5) is 4.79 Å². The Morgan fingerprint density at radius 2 is 1.66 bits per heavy atom. The maximum Gasteiger partial charge on any atom is 0.323 e. The summed E-state index contributed by atoms with van der Waals surface area (Å²) in [5.74, 6) is -0.193. The van der Waals surface area contributed by atoms with Crippen LogP contribution in [0.25, 0.3) is 11.1 Å². The summed E-state index contributed by atoms with van der Waals surface area (Å²) in [4.78, 5) is 27.3. The van der Waals surface area contributed by atoms with Crippen LogP contribution in [-0.2, 0) is 32.2 Å². The number of rotatable bonds is 10. The zero-order chi connectivity index (χ0) is 33.6. The first-order valence-corrected chi connectivity index (χ1v) is 16.7. The smallest absolute Gasteiger partial charge is 0.323 e. The quantitative estimate of drug-likeness (QED) is 0.224. The van der Waals surface area contributed by atoms with Gasteiger partial charge in [-0.25, -0.2) is 4.79 Å². The highest BCUT2D eigenvalue weighted by atomic mass is 16.7. The van der Waals surface area contributed by atoms with Gasteiger partial charge in [0.05, 0.1) is 18.8 Å². The molecule has 2 fully saturated rings. The lowest BCUT2D eigenvalue weighted by atomic mass is 9.89. The predicted molar refractivity (Wildman–Crippen MR) is 181 cm³/mol. The van der Waals surface area contributed by atoms with Gasteiger partial charge in [0.1, 0.15) is 11.6 Å². The standard InChI is InChI=1S/C38H49N3O6/c1-6-39-37(44)40-22-27-10-7-11-29(20-27)30-12-8-13-31(21-30)36-45-33(23-41-19-9-14-32(41)35(43)47-38(3,4)5)25(2)34(46-36)28-17-15-26(24-42)16-18-28/h7-8,10-13,15-18,20-21,25,32-34,36,42H,6,9,14,19,22-24H2,1-5H3,(H2,39,40,44)/t25-,32+,33+,34+,36+/m1/s1. The number of aliphatic hydroxyl groups excluding tert-OH is 1. The minimum Gasteiger partial charge on any atom is -0.459 e. The van der Waals surface area contributed by atoms with Crippen LogP contribution >= 0.6 is 0 Å². The molecule has 0 spiro atoms. The summed E-state index contributed by atoms with van der Waals surface area (Å²) in [6.45, 7) is 12.1. The second-order valence-corrected chi connectivity index (χ2v) is 13.5. The molecule has 0 unspecified atom stereocenters. The number of carbonyl (C=O) groups excluding carboxylic acids is 2. The Kier molecular flexibility index (Phi) is 11.3. The summed E-state index contributed by atoms with van der Waals surface area (Å²) in [5, 5.41) is 15.3. The highest BCUT2D eigenvalue weighted by Crippen LogP contribution is 2.43. The van der Waals surface area contributed by atoms with E-state index in [1.165, 1.54) is 0 Å². The van der Waals surface area contributed by atoms with Gasteiger partial charge < -0.3 is 30.0 Å². The zero-order valence-electron chi connectivity index (χ0n) is 28.2. The van der Waals surface area contributed by atoms with E-state index in [1.54, 1.807) is 0 Å². The van der Waals surface area contributed by atoms with E-state index in [9.17, 15) is 14.7 Å². The van der Waals surface area contributed by atoms with Gasteiger partial charge in [-0.1, -0.05) is 67.6 Å². The van der Waals surface area contributed by atoms with Crippen molar-refractivity contribution < 1.29 is 28.9 Å². The summed E-state index contributed by atoms with van der Waals surface area (Å²) >= 11 is 0. The summed E-state index contributed by atoms with van der Waals surface area (Å²) in [6.07, 6.45) is 0.579. The van der Waals surface area contributed by atoms with Crippen molar-refractivity contribution in [1.82, 2.24) is 15.5 Å². The summed E-state index contributed by atoms with van der Waals surface area (Å²) in [5.41, 5.74) is 5.24. The van der Waals surface area contributed by atoms with Crippen molar-refractivity contribution in [2.45, 2.75) is 90.8 Å². The van der Waals surface area contributed by atoms with Gasteiger partial charge in [0.2, 0.25) is 0 Å². The Labute approximate surface area is 278 Å². The number of ether oxygens (including phenoxy) is 3. The first-order valence-electron chi connectivity index (χ1n) is 16.7. The fraction of sp³-hybridized carbons (Fsp3) is 0.474. The van der Waals surface area contributed by atoms with E-state index in [4.69, 9.17) is 14.2 Å². The van der Waals surface area contributed by atoms with Gasteiger partial charge in [-0.3, -0.25) is 9.69 Å². The molecule has 3 aromatic carbocycles. The summed E-state index contributed by atoms with van der Waals surface area (Å²) in [6, 6.07) is 23.7. The lowest BCUT2D eigenvalue weighted by molar-refractivity contribution is -0.276. The third-order valence-electron chi connectivity index (χ3n) is 8.79. The third kappa shape index (κ3) is 8.99. The molecular weight excluding hydrogens is 594 g/mol. The second kappa shape index (κ2) is 15.4. The molecule has 0 aromatic heterocycles. The molecule has 5 atom stereocenters. The Hall–Kier alpha value is -3.76. The minimum atomic E-state index is -0.635. The van der Waals surface area contributed by atoms with Crippen LogP contribution < -0.4 is 10.6 Å². The molecule has 2 heterocycles. The minimum absolute atomic E-state index is 0.0108. The molecule has 0 aliphatic carbocycles. The topological polar surface area (TPSA) is 109 Å². The average molecular weight is 644 g/mol. The first kappa shape index (κ1) is 34.6. The number of likely N-dealkylation sites (tertiary alicyclic amines) is 1. The maximum atomic E-state index is 13.2. The van der Waals surface area contributed by atoms with Crippen LogP contribution in [0.1, 0.15) is 82.1 Å². The number of amides is 2. The highest BCUT2D eigenvalue weighted by molar-refractivity contribution is 5.76. The molecule has 252 valence electrons. The molecule has 9 nitrogen and oxygen atoms in total. The summed E-state index contributed by atoms with van der Waals surface area (Å²) in [7, 11) is 0. The van der Waals surface area contributed by atoms with Gasteiger partial charge in [0.15, 0.2) is 6.29 Å². The maximum absolute atomic E-state index is 13.2. The fourth-order valence-corrected chi connectivity index (χ4v) is 6.37. The number of benzene rings is 3. The van der Waals surface area contributed by atoms with Gasteiger partial charge in [-0.2, -0.15) is 0 Å². The van der Waals surface area contributed by atoms with Crippen molar-refractivity contribution in [3.8, 4) is 11.1 Å². The SMILES string of the molecule is CCNC(=O)NCc1cccc(-c2cccc([C@H]3O[C@@H](CN4CCC[C@H]4C(=O)OC(C)(C)C)[C@@H](C)[C@@H](c4ccc(CO)cc4)O3)c2)c1. The Morgan fingerprint density at radius 1 is 0.936 bits per heavy atom. The van der Waals surface area contributed by atoms with E-state index in [-0.39, 0.29) is 42.8 Å². The molecule has 0 bridgehead atoms. The van der Waals surface area contributed by atoms with E-state index >= 15 is 0 Å². The largest absolute Gasteiger partial charge is 0.459 e. The molecule has 3 N–H and O–H groups in total. The molecule has 47 heavy (non-hydrogen) atoms. The van der Waals surface area contributed by atoms with Gasteiger partial charge in [0.25, 0.3) is 0 Å². The normalized spacial score (nSPS) is 23.3. The van der Waals surface area contributed by atoms with Gasteiger partial charge in [0, 0.05) is 31.1 Å². The molecule has 5 rings (SSSR count). The molecule has 9 heteroatoms. The van der Waals surface area contributed by atoms with E-state index in [0.717, 1.165) is 52.8 Å². The molecule has 0 radical (unpaired) electrons. The number of nitrogens with one attached hydrogen (secondary N) is 2. The monoisotopic (exact) mass is 643 g/mol. The second-order valence-electron chi connectivity index (χ2n) is 13.5. The third-order valence-corrected chi connectivity index (χ3v) is 8.79. The van der Waals surface area contributed by atoms with E-state index in [0.29, 0.717) is 19.6 Å². The number of hydrogen-bond acceptors (Lipinski definition) is 7. The summed E-state index contributed by atoms with van der Waals surface area (Å²) < 4.78 is 19.3. The van der Waals surface area contributed by atoms with E-state index < -0.39 is 11.9 Å². The average Bonchev–Trinajstić information content (AvgIpc) is 3.53. The van der Waals surface area contributed by atoms with Crippen LogP contribution in [-0.4, -0.2) is 59.4 Å². The van der Waals surface area contributed by atoms with Crippen molar-refractivity contribution in [1.29, 1.82) is 0 Å². The van der Waals surface area contributed by atoms with Crippen LogP contribution in [0.15, 0.2) is 72.8 Å². The Morgan fingerprint density at radius 3 is 2.36 bits per heavy atom. The number of urea groups is 1. The van der Waals surface area contributed by atoms with Crippen molar-refractivity contribution in [2.75, 3.05) is 19.6 Å². The zero-order valence-corrected chi connectivity index (χ0v) is 28.2. The van der Waals surface area contributed by atoms with Crippen LogP contribution in [0.5, 0.6) is 0 Å². The molecule has 2 saturated heterocycles. The molecule has 0 saturated carbocycles. The predicted octanol–water partition coefficient (Wildman–Crippen LogP) is 6.26. The Bertz CT molecular complexity index is 1500. The Balaban J connectivity index is 1.40. The number of aliphatic hydroxyl groups is 1. The molecule has 3 aromatic rings. The highest BCUT2D eigenvalue weighted by Gasteiger charge is 2.42. The van der Waals surface area contributed by atoms with Gasteiger partial charge >= 0.3 is 12.0 Å². The molecule has 2 amide bonds. The van der Waals surface area contributed by atoms with Crippen molar-refractivity contribution >= 4 is 12.0 Å². The number of hydrogen-bond donors (Lipinski definition) is 3. The van der Waals surface area contributed by atoms with Crippen LogP contribution in [0.2, 0.25) is 0 Å².